The molecule has 1 aliphatic carbocycles. The maximum absolute atomic E-state index is 11.8. The normalized spacial score (nSPS) is 26.8. The minimum Gasteiger partial charge on any atom is -0.338 e. The van der Waals surface area contributed by atoms with E-state index in [2.05, 4.69) is 17.1 Å². The second-order valence-corrected chi connectivity index (χ2v) is 7.03. The van der Waals surface area contributed by atoms with Gasteiger partial charge < -0.3 is 10.2 Å². The summed E-state index contributed by atoms with van der Waals surface area (Å²) < 4.78 is 0. The molecular weight excluding hydrogens is 250 g/mol. The van der Waals surface area contributed by atoms with Crippen molar-refractivity contribution in [2.24, 2.45) is 5.41 Å². The molecule has 20 heavy (non-hydrogen) atoms. The zero-order chi connectivity index (χ0) is 14.0. The number of carbonyl (C=O) groups excluding carboxylic acids is 1. The number of rotatable bonds is 3. The van der Waals surface area contributed by atoms with E-state index in [9.17, 15) is 4.79 Å². The van der Waals surface area contributed by atoms with Crippen LogP contribution in [0.25, 0.3) is 0 Å². The topological polar surface area (TPSA) is 35.6 Å². The Kier molecular flexibility index (Phi) is 4.20. The lowest BCUT2D eigenvalue weighted by Crippen LogP contribution is -2.64. The first-order valence-electron chi connectivity index (χ1n) is 8.49. The van der Waals surface area contributed by atoms with Gasteiger partial charge in [-0.15, -0.1) is 0 Å². The number of nitrogens with zero attached hydrogens (tertiary/aromatic N) is 2. The summed E-state index contributed by atoms with van der Waals surface area (Å²) in [6, 6.07) is 0.758. The van der Waals surface area contributed by atoms with E-state index in [4.69, 9.17) is 0 Å². The van der Waals surface area contributed by atoms with Crippen LogP contribution in [-0.4, -0.2) is 54.6 Å². The van der Waals surface area contributed by atoms with Crippen LogP contribution in [0.1, 0.15) is 51.9 Å². The van der Waals surface area contributed by atoms with Gasteiger partial charge in [0.2, 0.25) is 0 Å². The van der Waals surface area contributed by atoms with Crippen LogP contribution in [0.4, 0.5) is 4.79 Å². The van der Waals surface area contributed by atoms with E-state index in [1.165, 1.54) is 51.6 Å². The van der Waals surface area contributed by atoms with Crippen molar-refractivity contribution in [2.75, 3.05) is 32.7 Å². The Hall–Kier alpha value is -0.770. The summed E-state index contributed by atoms with van der Waals surface area (Å²) in [5.74, 6) is 0. The second kappa shape index (κ2) is 5.92. The number of amides is 2. The highest BCUT2D eigenvalue weighted by Gasteiger charge is 2.41. The molecule has 1 spiro atoms. The van der Waals surface area contributed by atoms with Crippen LogP contribution in [0.5, 0.6) is 0 Å². The molecular formula is C16H29N3O. The van der Waals surface area contributed by atoms with Crippen LogP contribution in [0.3, 0.4) is 0 Å². The maximum atomic E-state index is 11.8. The first kappa shape index (κ1) is 14.2. The van der Waals surface area contributed by atoms with Crippen LogP contribution in [0, 0.1) is 5.41 Å². The molecule has 0 bridgehead atoms. The Balaban J connectivity index is 1.39. The number of carbonyl (C=O) groups is 1. The maximum Gasteiger partial charge on any atom is 0.317 e. The van der Waals surface area contributed by atoms with Crippen LogP contribution in [-0.2, 0) is 0 Å². The molecule has 0 unspecified atom stereocenters. The van der Waals surface area contributed by atoms with E-state index in [0.717, 1.165) is 26.1 Å². The highest BCUT2D eigenvalue weighted by Crippen LogP contribution is 2.46. The molecule has 114 valence electrons. The van der Waals surface area contributed by atoms with Gasteiger partial charge in [-0.05, 0) is 50.6 Å². The van der Waals surface area contributed by atoms with E-state index in [0.29, 0.717) is 11.5 Å². The van der Waals surface area contributed by atoms with Gasteiger partial charge in [0.15, 0.2) is 0 Å². The quantitative estimate of drug-likeness (QED) is 0.861. The van der Waals surface area contributed by atoms with Gasteiger partial charge in [-0.25, -0.2) is 4.79 Å². The molecule has 2 heterocycles. The lowest BCUT2D eigenvalue weighted by atomic mass is 9.76. The van der Waals surface area contributed by atoms with E-state index in [1.807, 2.05) is 4.90 Å². The van der Waals surface area contributed by atoms with E-state index < -0.39 is 0 Å². The first-order valence-corrected chi connectivity index (χ1v) is 8.49. The summed E-state index contributed by atoms with van der Waals surface area (Å²) in [5, 5.41) is 2.97. The standard InChI is InChI=1S/C16H29N3O/c1-2-9-17-15(20)19-12-14(13-19)18-10-7-16(8-11-18)5-3-4-6-16/h14H,2-13H2,1H3,(H,17,20). The van der Waals surface area contributed by atoms with Crippen molar-refractivity contribution in [3.63, 3.8) is 0 Å². The molecule has 1 N–H and O–H groups in total. The molecule has 0 aromatic heterocycles. The number of piperidine rings is 1. The molecule has 2 aliphatic heterocycles. The molecule has 0 atom stereocenters. The third kappa shape index (κ3) is 2.80. The van der Waals surface area contributed by atoms with Crippen molar-refractivity contribution >= 4 is 6.03 Å². The molecule has 4 heteroatoms. The van der Waals surface area contributed by atoms with Crippen LogP contribution in [0.2, 0.25) is 0 Å². The molecule has 1 saturated carbocycles. The predicted octanol–water partition coefficient (Wildman–Crippen LogP) is 2.45. The summed E-state index contributed by atoms with van der Waals surface area (Å²) in [5.41, 5.74) is 0.707. The van der Waals surface area contributed by atoms with Crippen molar-refractivity contribution in [1.29, 1.82) is 0 Å². The number of likely N-dealkylation sites (tertiary alicyclic amines) is 2. The molecule has 2 saturated heterocycles. The van der Waals surface area contributed by atoms with Gasteiger partial charge >= 0.3 is 6.03 Å². The number of urea groups is 1. The summed E-state index contributed by atoms with van der Waals surface area (Å²) in [6.07, 6.45) is 9.64. The Morgan fingerprint density at radius 3 is 2.40 bits per heavy atom. The van der Waals surface area contributed by atoms with Gasteiger partial charge in [-0.1, -0.05) is 19.8 Å². The van der Waals surface area contributed by atoms with Gasteiger partial charge in [0.05, 0.1) is 0 Å². The van der Waals surface area contributed by atoms with Crippen molar-refractivity contribution in [1.82, 2.24) is 15.1 Å². The van der Waals surface area contributed by atoms with Crippen LogP contribution >= 0.6 is 0 Å². The zero-order valence-electron chi connectivity index (χ0n) is 12.9. The number of hydrogen-bond acceptors (Lipinski definition) is 2. The minimum atomic E-state index is 0.132. The second-order valence-electron chi connectivity index (χ2n) is 7.03. The third-order valence-corrected chi connectivity index (χ3v) is 5.72. The van der Waals surface area contributed by atoms with Crippen molar-refractivity contribution in [3.8, 4) is 0 Å². The average Bonchev–Trinajstić information content (AvgIpc) is 2.85. The molecule has 0 aromatic carbocycles. The largest absolute Gasteiger partial charge is 0.338 e. The Labute approximate surface area is 122 Å². The third-order valence-electron chi connectivity index (χ3n) is 5.72. The Morgan fingerprint density at radius 1 is 1.15 bits per heavy atom. The highest BCUT2D eigenvalue weighted by molar-refractivity contribution is 5.75. The summed E-state index contributed by atoms with van der Waals surface area (Å²) in [7, 11) is 0. The first-order chi connectivity index (χ1) is 9.72. The smallest absolute Gasteiger partial charge is 0.317 e. The molecule has 3 fully saturated rings. The monoisotopic (exact) mass is 279 g/mol. The molecule has 3 rings (SSSR count). The van der Waals surface area contributed by atoms with E-state index in [-0.39, 0.29) is 6.03 Å². The van der Waals surface area contributed by atoms with Crippen molar-refractivity contribution < 1.29 is 4.79 Å². The van der Waals surface area contributed by atoms with Crippen molar-refractivity contribution in [3.05, 3.63) is 0 Å². The lowest BCUT2D eigenvalue weighted by molar-refractivity contribution is 0.0129. The van der Waals surface area contributed by atoms with Gasteiger partial charge in [0.25, 0.3) is 0 Å². The lowest BCUT2D eigenvalue weighted by Gasteiger charge is -2.49. The van der Waals surface area contributed by atoms with Crippen molar-refractivity contribution in [2.45, 2.75) is 57.9 Å². The molecule has 3 aliphatic rings. The fraction of sp³-hybridized carbons (Fsp3) is 0.938. The molecule has 0 aromatic rings. The van der Waals surface area contributed by atoms with Gasteiger partial charge in [-0.2, -0.15) is 0 Å². The average molecular weight is 279 g/mol. The molecule has 4 nitrogen and oxygen atoms in total. The molecule has 0 radical (unpaired) electrons. The summed E-state index contributed by atoms with van der Waals surface area (Å²) >= 11 is 0. The van der Waals surface area contributed by atoms with Crippen LogP contribution in [0.15, 0.2) is 0 Å². The zero-order valence-corrected chi connectivity index (χ0v) is 12.9. The molecule has 2 amide bonds. The summed E-state index contributed by atoms with van der Waals surface area (Å²) in [4.78, 5) is 16.4. The highest BCUT2D eigenvalue weighted by atomic mass is 16.2. The Bertz CT molecular complexity index is 336. The predicted molar refractivity (Wildman–Crippen MR) is 80.8 cm³/mol. The van der Waals surface area contributed by atoms with Gasteiger partial charge in [0, 0.05) is 25.7 Å². The minimum absolute atomic E-state index is 0.132. The van der Waals surface area contributed by atoms with Crippen LogP contribution < -0.4 is 5.32 Å². The SMILES string of the molecule is CCCNC(=O)N1CC(N2CCC3(CCCC3)CC2)C1. The van der Waals surface area contributed by atoms with Gasteiger partial charge in [0.1, 0.15) is 0 Å². The number of nitrogens with one attached hydrogen (secondary N) is 1. The van der Waals surface area contributed by atoms with Gasteiger partial charge in [-0.3, -0.25) is 4.90 Å². The summed E-state index contributed by atoms with van der Waals surface area (Å²) in [6.45, 7) is 7.27. The number of hydrogen-bond donors (Lipinski definition) is 1. The Morgan fingerprint density at radius 2 is 1.80 bits per heavy atom. The van der Waals surface area contributed by atoms with E-state index in [1.54, 1.807) is 0 Å². The fourth-order valence-electron chi connectivity index (χ4n) is 4.18. The van der Waals surface area contributed by atoms with E-state index >= 15 is 0 Å². The fourth-order valence-corrected chi connectivity index (χ4v) is 4.18.